The van der Waals surface area contributed by atoms with Crippen molar-refractivity contribution in [1.82, 2.24) is 0 Å². The number of fused-ring (bicyclic) bond motifs is 7. The predicted molar refractivity (Wildman–Crippen MR) is 175 cm³/mol. The van der Waals surface area contributed by atoms with Crippen molar-refractivity contribution in [2.75, 3.05) is 0 Å². The van der Waals surface area contributed by atoms with Crippen LogP contribution in [0.2, 0.25) is 0 Å². The summed E-state index contributed by atoms with van der Waals surface area (Å²) in [6, 6.07) is -20.0. The van der Waals surface area contributed by atoms with E-state index in [4.69, 9.17) is 34.9 Å². The number of hydrogen-bond acceptors (Lipinski definition) is 2. The lowest BCUT2D eigenvalue weighted by Crippen LogP contribution is -1.90. The van der Waals surface area contributed by atoms with Gasteiger partial charge >= 0.3 is 0 Å². The molecule has 2 nitrogen and oxygen atoms in total. The molecule has 0 saturated heterocycles. The first kappa shape index (κ1) is 9.75. The third kappa shape index (κ3) is 3.27. The van der Waals surface area contributed by atoms with Crippen LogP contribution in [-0.4, -0.2) is 0 Å². The van der Waals surface area contributed by atoms with Gasteiger partial charge in [0.1, 0.15) is 18.1 Å². The van der Waals surface area contributed by atoms with Crippen LogP contribution in [0.1, 0.15) is 32.9 Å². The van der Waals surface area contributed by atoms with Crippen molar-refractivity contribution in [1.29, 1.82) is 0 Å². The molecule has 0 radical (unpaired) electrons. The van der Waals surface area contributed by atoms with Gasteiger partial charge in [-0.3, -0.25) is 0 Å². The van der Waals surface area contributed by atoms with E-state index in [0.717, 1.165) is 0 Å². The molecule has 196 valence electrons. The summed E-state index contributed by atoms with van der Waals surface area (Å²) in [5, 5.41) is -3.96. The van der Waals surface area contributed by atoms with Crippen LogP contribution in [0.25, 0.3) is 87.8 Å². The molecule has 0 spiro atoms. The van der Waals surface area contributed by atoms with Crippen LogP contribution < -0.4 is 0 Å². The first-order valence-electron chi connectivity index (χ1n) is 24.3. The highest BCUT2D eigenvalue weighted by Gasteiger charge is 2.22. The minimum atomic E-state index is -0.935. The molecule has 9 aromatic rings. The summed E-state index contributed by atoms with van der Waals surface area (Å²) in [5.74, 6) is 0. The van der Waals surface area contributed by atoms with Crippen LogP contribution in [0.15, 0.2) is 154 Å². The summed E-state index contributed by atoms with van der Waals surface area (Å²) >= 11 is 0. The third-order valence-electron chi connectivity index (χ3n) is 6.90. The van der Waals surface area contributed by atoms with Gasteiger partial charge in [-0.15, -0.1) is 0 Å². The zero-order valence-corrected chi connectivity index (χ0v) is 20.8. The maximum Gasteiger partial charge on any atom is 0.147 e. The highest BCUT2D eigenvalue weighted by Crippen LogP contribution is 2.47. The number of hydrogen-bond donors (Lipinski definition) is 0. The van der Waals surface area contributed by atoms with Crippen molar-refractivity contribution >= 4 is 54.5 Å². The third-order valence-corrected chi connectivity index (χ3v) is 6.90. The molecule has 0 aliphatic rings. The van der Waals surface area contributed by atoms with Crippen molar-refractivity contribution in [2.24, 2.45) is 0 Å². The van der Waals surface area contributed by atoms with Crippen LogP contribution in [0.4, 0.5) is 0 Å². The Labute approximate surface area is 275 Å². The van der Waals surface area contributed by atoms with Gasteiger partial charge in [-0.25, -0.2) is 0 Å². The molecule has 0 saturated carbocycles. The summed E-state index contributed by atoms with van der Waals surface area (Å²) in [6.07, 6.45) is -0.842. The molecular weight excluding hydrogens is 512 g/mol. The highest BCUT2D eigenvalue weighted by atomic mass is 16.3. The average Bonchev–Trinajstić information content (AvgIpc) is 3.85. The molecule has 9 rings (SSSR count). The first-order chi connectivity index (χ1) is 30.8. The topological polar surface area (TPSA) is 26.3 Å². The smallest absolute Gasteiger partial charge is 0.147 e. The van der Waals surface area contributed by atoms with Gasteiger partial charge in [-0.05, 0) is 50.3 Å². The zero-order valence-electron chi connectivity index (χ0n) is 44.8. The molecule has 2 aromatic heterocycles. The Hall–Kier alpha value is -5.60. The van der Waals surface area contributed by atoms with Gasteiger partial charge in [0.05, 0.1) is 43.2 Å². The van der Waals surface area contributed by atoms with Crippen LogP contribution in [0.5, 0.6) is 0 Å². The summed E-state index contributed by atoms with van der Waals surface area (Å²) in [5.41, 5.74) is -5.46. The number of rotatable bonds is 3. The van der Waals surface area contributed by atoms with Gasteiger partial charge in [0, 0.05) is 27.5 Å². The van der Waals surface area contributed by atoms with Gasteiger partial charge < -0.3 is 8.83 Å². The van der Waals surface area contributed by atoms with Crippen molar-refractivity contribution < 1.29 is 41.7 Å². The SMILES string of the molecule is [2H]c1oc2c([2H])c([2H])c3c(oc4c(-c5c6c([2H])c([2H])c([2H])c([2H])c6c(-c6c([2H])c([2H])c([2H])c([2H])c6[2H])c6c([2H])c([2H])c([2H])c([2H])c56)c([2H])c([2H])c([2H])c43)c2c1-c1c([2H])c([2H])c([2H])c([2H])c1[2H]. The summed E-state index contributed by atoms with van der Waals surface area (Å²) in [7, 11) is 0. The van der Waals surface area contributed by atoms with Gasteiger partial charge in [0.25, 0.3) is 0 Å². The van der Waals surface area contributed by atoms with Gasteiger partial charge in [0.2, 0.25) is 0 Å². The Kier molecular flexibility index (Phi) is 2.08. The maximum absolute atomic E-state index is 9.43. The first-order valence-corrected chi connectivity index (χ1v) is 12.3. The molecule has 0 bridgehead atoms. The summed E-state index contributed by atoms with van der Waals surface area (Å²) < 4.78 is 224. The van der Waals surface area contributed by atoms with E-state index in [1.54, 1.807) is 0 Å². The molecule has 7 aromatic carbocycles. The highest BCUT2D eigenvalue weighted by molar-refractivity contribution is 6.25. The zero-order chi connectivity index (χ0) is 48.5. The number of para-hydroxylation sites is 1. The molecule has 0 N–H and O–H groups in total. The normalized spacial score (nSPS) is 19.8. The Morgan fingerprint density at radius 1 is 0.405 bits per heavy atom. The van der Waals surface area contributed by atoms with Crippen molar-refractivity contribution in [3.05, 3.63) is 145 Å². The molecule has 2 heteroatoms. The molecular formula is C40H24O2. The van der Waals surface area contributed by atoms with Crippen LogP contribution in [0, 0.1) is 0 Å². The molecule has 0 aliphatic carbocycles. The molecule has 0 aliphatic heterocycles. The van der Waals surface area contributed by atoms with Crippen molar-refractivity contribution in [3.8, 4) is 33.4 Å². The van der Waals surface area contributed by atoms with E-state index in [1.807, 2.05) is 0 Å². The lowest BCUT2D eigenvalue weighted by molar-refractivity contribution is 0.616. The van der Waals surface area contributed by atoms with Crippen molar-refractivity contribution in [3.63, 3.8) is 0 Å². The Bertz CT molecular complexity index is 3670. The quantitative estimate of drug-likeness (QED) is 0.201. The van der Waals surface area contributed by atoms with Crippen LogP contribution in [-0.2, 0) is 0 Å². The lowest BCUT2D eigenvalue weighted by atomic mass is 9.85. The van der Waals surface area contributed by atoms with E-state index in [1.165, 1.54) is 0 Å². The average molecular weight is 561 g/mol. The largest absolute Gasteiger partial charge is 0.464 e. The van der Waals surface area contributed by atoms with E-state index < -0.39 is 233 Å². The van der Waals surface area contributed by atoms with Crippen LogP contribution >= 0.6 is 0 Å². The summed E-state index contributed by atoms with van der Waals surface area (Å²) in [4.78, 5) is 0. The van der Waals surface area contributed by atoms with E-state index >= 15 is 0 Å². The summed E-state index contributed by atoms with van der Waals surface area (Å²) in [6.45, 7) is 0. The van der Waals surface area contributed by atoms with Crippen LogP contribution in [0.3, 0.4) is 0 Å². The van der Waals surface area contributed by atoms with E-state index in [9.17, 15) is 6.85 Å². The molecule has 0 atom stereocenters. The van der Waals surface area contributed by atoms with E-state index in [-0.39, 0.29) is 0 Å². The molecule has 0 amide bonds. The fraction of sp³-hybridized carbons (Fsp3) is 0. The van der Waals surface area contributed by atoms with Gasteiger partial charge in [-0.2, -0.15) is 0 Å². The second kappa shape index (κ2) is 8.95. The fourth-order valence-corrected chi connectivity index (χ4v) is 5.20. The Morgan fingerprint density at radius 2 is 0.952 bits per heavy atom. The second-order valence-electron chi connectivity index (χ2n) is 9.04. The molecule has 42 heavy (non-hydrogen) atoms. The monoisotopic (exact) mass is 560 g/mol. The van der Waals surface area contributed by atoms with Gasteiger partial charge in [0.15, 0.2) is 0 Å². The molecule has 0 fully saturated rings. The number of furan rings is 2. The Morgan fingerprint density at radius 3 is 1.62 bits per heavy atom. The minimum absolute atomic E-state index is 0.413. The second-order valence-corrected chi connectivity index (χ2v) is 9.04. The van der Waals surface area contributed by atoms with E-state index in [0.29, 0.717) is 0 Å². The Balaban J connectivity index is 1.63. The minimum Gasteiger partial charge on any atom is -0.464 e. The number of benzene rings is 7. The molecule has 2 heterocycles. The molecule has 0 unspecified atom stereocenters. The standard InChI is InChI=1S/C40H24O2/c1-3-12-25(13-4-1)34-24-41-35-23-22-32-31-20-11-21-33(39(31)42-40(32)38(34)35)37-29-18-9-7-16-27(29)36(26-14-5-2-6-15-26)28-17-8-10-19-30(28)37/h1-24H/i1D,2D,3D,4D,5D,6D,7D,8D,9D,10D,11D,12D,13D,14D,15D,16D,17D,18D,19D,20D,21D,22D,23D,24D. The predicted octanol–water partition coefficient (Wildman–Crippen LogP) is 11.6. The van der Waals surface area contributed by atoms with Gasteiger partial charge in [-0.1, -0.05) is 127 Å². The lowest BCUT2D eigenvalue weighted by Gasteiger charge is -2.17. The van der Waals surface area contributed by atoms with Crippen molar-refractivity contribution in [2.45, 2.75) is 0 Å². The van der Waals surface area contributed by atoms with E-state index in [2.05, 4.69) is 0 Å². The maximum atomic E-state index is 9.43. The fourth-order valence-electron chi connectivity index (χ4n) is 5.20.